The number of nitrogens with zero attached hydrogens (tertiary/aromatic N) is 1. The number of aromatic nitrogens is 1. The average Bonchev–Trinajstić information content (AvgIpc) is 2.48. The Morgan fingerprint density at radius 2 is 2.10 bits per heavy atom. The Balaban J connectivity index is 2.23. The SMILES string of the molecule is CCOC(=O)c1cccnc1NC(=O)c1cccc(Cl)c1. The second-order valence-corrected chi connectivity index (χ2v) is 4.52. The van der Waals surface area contributed by atoms with Crippen molar-refractivity contribution in [2.24, 2.45) is 0 Å². The maximum atomic E-state index is 12.1. The summed E-state index contributed by atoms with van der Waals surface area (Å²) < 4.78 is 4.92. The van der Waals surface area contributed by atoms with Crippen LogP contribution >= 0.6 is 11.6 Å². The van der Waals surface area contributed by atoms with Crippen molar-refractivity contribution in [2.45, 2.75) is 6.92 Å². The molecule has 21 heavy (non-hydrogen) atoms. The number of amides is 1. The third-order valence-electron chi connectivity index (χ3n) is 2.62. The van der Waals surface area contributed by atoms with Crippen LogP contribution in [0.25, 0.3) is 0 Å². The Bertz CT molecular complexity index is 673. The molecule has 0 fully saturated rings. The van der Waals surface area contributed by atoms with Crippen LogP contribution in [0.2, 0.25) is 5.02 Å². The second kappa shape index (κ2) is 6.85. The highest BCUT2D eigenvalue weighted by Crippen LogP contribution is 2.16. The summed E-state index contributed by atoms with van der Waals surface area (Å²) in [5.74, 6) is -0.783. The fourth-order valence-electron chi connectivity index (χ4n) is 1.69. The Hall–Kier alpha value is -2.40. The van der Waals surface area contributed by atoms with E-state index in [0.717, 1.165) is 0 Å². The first kappa shape index (κ1) is 15.0. The average molecular weight is 305 g/mol. The molecule has 0 unspecified atom stereocenters. The Morgan fingerprint density at radius 3 is 2.81 bits per heavy atom. The number of carbonyl (C=O) groups excluding carboxylic acids is 2. The summed E-state index contributed by atoms with van der Waals surface area (Å²) in [6.07, 6.45) is 1.48. The van der Waals surface area contributed by atoms with Crippen molar-refractivity contribution < 1.29 is 14.3 Å². The van der Waals surface area contributed by atoms with Crippen molar-refractivity contribution >= 4 is 29.3 Å². The molecule has 0 aliphatic heterocycles. The highest BCUT2D eigenvalue weighted by Gasteiger charge is 2.16. The number of ether oxygens (including phenoxy) is 1. The minimum atomic E-state index is -0.535. The van der Waals surface area contributed by atoms with Gasteiger partial charge in [0, 0.05) is 16.8 Å². The Morgan fingerprint density at radius 1 is 1.29 bits per heavy atom. The molecule has 0 aliphatic carbocycles. The highest BCUT2D eigenvalue weighted by molar-refractivity contribution is 6.31. The van der Waals surface area contributed by atoms with E-state index in [0.29, 0.717) is 10.6 Å². The lowest BCUT2D eigenvalue weighted by Crippen LogP contribution is -2.17. The highest BCUT2D eigenvalue weighted by atomic mass is 35.5. The molecule has 6 heteroatoms. The van der Waals surface area contributed by atoms with Gasteiger partial charge < -0.3 is 10.1 Å². The van der Waals surface area contributed by atoms with Gasteiger partial charge in [0.1, 0.15) is 11.4 Å². The smallest absolute Gasteiger partial charge is 0.341 e. The summed E-state index contributed by atoms with van der Waals surface area (Å²) >= 11 is 5.85. The van der Waals surface area contributed by atoms with Crippen molar-refractivity contribution in [2.75, 3.05) is 11.9 Å². The van der Waals surface area contributed by atoms with Gasteiger partial charge in [-0.3, -0.25) is 4.79 Å². The van der Waals surface area contributed by atoms with E-state index in [1.54, 1.807) is 37.3 Å². The predicted octanol–water partition coefficient (Wildman–Crippen LogP) is 3.16. The van der Waals surface area contributed by atoms with Crippen LogP contribution in [0.3, 0.4) is 0 Å². The lowest BCUT2D eigenvalue weighted by Gasteiger charge is -2.09. The van der Waals surface area contributed by atoms with Gasteiger partial charge in [0.25, 0.3) is 5.91 Å². The molecule has 1 aromatic carbocycles. The molecular weight excluding hydrogens is 292 g/mol. The third-order valence-corrected chi connectivity index (χ3v) is 2.86. The van der Waals surface area contributed by atoms with Crippen LogP contribution in [0, 0.1) is 0 Å². The molecule has 0 saturated heterocycles. The molecule has 0 saturated carbocycles. The first-order valence-electron chi connectivity index (χ1n) is 6.31. The zero-order valence-electron chi connectivity index (χ0n) is 11.3. The first-order chi connectivity index (χ1) is 10.1. The summed E-state index contributed by atoms with van der Waals surface area (Å²) in [5, 5.41) is 3.04. The number of hydrogen-bond donors (Lipinski definition) is 1. The van der Waals surface area contributed by atoms with Crippen LogP contribution in [-0.2, 0) is 4.74 Å². The summed E-state index contributed by atoms with van der Waals surface area (Å²) in [7, 11) is 0. The number of hydrogen-bond acceptors (Lipinski definition) is 4. The standard InChI is InChI=1S/C15H13ClN2O3/c1-2-21-15(20)12-7-4-8-17-13(12)18-14(19)10-5-3-6-11(16)9-10/h3-9H,2H2,1H3,(H,17,18,19). The molecule has 1 N–H and O–H groups in total. The quantitative estimate of drug-likeness (QED) is 0.881. The molecule has 1 heterocycles. The van der Waals surface area contributed by atoms with Gasteiger partial charge in [-0.25, -0.2) is 9.78 Å². The van der Waals surface area contributed by atoms with Crippen LogP contribution in [0.1, 0.15) is 27.6 Å². The van der Waals surface area contributed by atoms with E-state index < -0.39 is 11.9 Å². The van der Waals surface area contributed by atoms with Crippen molar-refractivity contribution in [1.82, 2.24) is 4.98 Å². The Labute approximate surface area is 126 Å². The van der Waals surface area contributed by atoms with Crippen LogP contribution in [0.4, 0.5) is 5.82 Å². The van der Waals surface area contributed by atoms with Gasteiger partial charge >= 0.3 is 5.97 Å². The number of benzene rings is 1. The van der Waals surface area contributed by atoms with Gasteiger partial charge in [-0.05, 0) is 37.3 Å². The molecule has 0 aliphatic rings. The molecule has 1 amide bonds. The van der Waals surface area contributed by atoms with Crippen LogP contribution in [-0.4, -0.2) is 23.5 Å². The summed E-state index contributed by atoms with van der Waals surface area (Å²) in [5.41, 5.74) is 0.581. The molecule has 0 bridgehead atoms. The largest absolute Gasteiger partial charge is 0.462 e. The van der Waals surface area contributed by atoms with Gasteiger partial charge in [0.15, 0.2) is 0 Å². The maximum absolute atomic E-state index is 12.1. The third kappa shape index (κ3) is 3.79. The first-order valence-corrected chi connectivity index (χ1v) is 6.68. The molecule has 108 valence electrons. The van der Waals surface area contributed by atoms with Crippen molar-refractivity contribution in [3.63, 3.8) is 0 Å². The van der Waals surface area contributed by atoms with E-state index in [2.05, 4.69) is 10.3 Å². The van der Waals surface area contributed by atoms with Gasteiger partial charge in [0.05, 0.1) is 6.61 Å². The van der Waals surface area contributed by atoms with Gasteiger partial charge in [-0.15, -0.1) is 0 Å². The van der Waals surface area contributed by atoms with Crippen molar-refractivity contribution in [1.29, 1.82) is 0 Å². The van der Waals surface area contributed by atoms with Gasteiger partial charge in [-0.1, -0.05) is 17.7 Å². The number of esters is 1. The maximum Gasteiger partial charge on any atom is 0.341 e. The van der Waals surface area contributed by atoms with E-state index in [1.165, 1.54) is 12.3 Å². The normalized spacial score (nSPS) is 10.0. The van der Waals surface area contributed by atoms with E-state index in [-0.39, 0.29) is 18.0 Å². The number of halogens is 1. The summed E-state index contributed by atoms with van der Waals surface area (Å²) in [6.45, 7) is 1.95. The number of anilines is 1. The zero-order chi connectivity index (χ0) is 15.2. The molecule has 2 aromatic rings. The zero-order valence-corrected chi connectivity index (χ0v) is 12.1. The lowest BCUT2D eigenvalue weighted by atomic mass is 10.2. The van der Waals surface area contributed by atoms with Crippen LogP contribution in [0.15, 0.2) is 42.6 Å². The molecular formula is C15H13ClN2O3. The Kier molecular flexibility index (Phi) is 4.90. The van der Waals surface area contributed by atoms with Crippen LogP contribution in [0.5, 0.6) is 0 Å². The number of nitrogens with one attached hydrogen (secondary N) is 1. The predicted molar refractivity (Wildman–Crippen MR) is 79.6 cm³/mol. The molecule has 0 atom stereocenters. The summed E-state index contributed by atoms with van der Waals surface area (Å²) in [6, 6.07) is 9.63. The monoisotopic (exact) mass is 304 g/mol. The lowest BCUT2D eigenvalue weighted by molar-refractivity contribution is 0.0527. The van der Waals surface area contributed by atoms with E-state index in [1.807, 2.05) is 0 Å². The topological polar surface area (TPSA) is 68.3 Å². The second-order valence-electron chi connectivity index (χ2n) is 4.08. The van der Waals surface area contributed by atoms with Gasteiger partial charge in [-0.2, -0.15) is 0 Å². The number of carbonyl (C=O) groups is 2. The van der Waals surface area contributed by atoms with Crippen molar-refractivity contribution in [3.8, 4) is 0 Å². The molecule has 0 radical (unpaired) electrons. The van der Waals surface area contributed by atoms with Crippen molar-refractivity contribution in [3.05, 3.63) is 58.7 Å². The van der Waals surface area contributed by atoms with Crippen LogP contribution < -0.4 is 5.32 Å². The van der Waals surface area contributed by atoms with E-state index in [4.69, 9.17) is 16.3 Å². The van der Waals surface area contributed by atoms with E-state index >= 15 is 0 Å². The fourth-order valence-corrected chi connectivity index (χ4v) is 1.88. The minimum Gasteiger partial charge on any atom is -0.462 e. The minimum absolute atomic E-state index is 0.154. The number of pyridine rings is 1. The summed E-state index contributed by atoms with van der Waals surface area (Å²) in [4.78, 5) is 27.9. The molecule has 1 aromatic heterocycles. The fraction of sp³-hybridized carbons (Fsp3) is 0.133. The molecule has 2 rings (SSSR count). The van der Waals surface area contributed by atoms with E-state index in [9.17, 15) is 9.59 Å². The van der Waals surface area contributed by atoms with Gasteiger partial charge in [0.2, 0.25) is 0 Å². The molecule has 0 spiro atoms. The molecule has 5 nitrogen and oxygen atoms in total. The number of rotatable bonds is 4.